The summed E-state index contributed by atoms with van der Waals surface area (Å²) in [6, 6.07) is 25.3. The first-order valence-electron chi connectivity index (χ1n) is 13.5. The van der Waals surface area contributed by atoms with E-state index in [4.69, 9.17) is 18.6 Å². The Balaban J connectivity index is 2.33. The minimum atomic E-state index is -3.12. The van der Waals surface area contributed by atoms with E-state index in [-0.39, 0.29) is 22.1 Å². The van der Waals surface area contributed by atoms with E-state index in [0.29, 0.717) is 5.75 Å². The minimum Gasteiger partial charge on any atom is -0.533 e. The molecule has 41 heavy (non-hydrogen) atoms. The van der Waals surface area contributed by atoms with Gasteiger partial charge in [0.2, 0.25) is 5.76 Å². The van der Waals surface area contributed by atoms with Crippen molar-refractivity contribution in [3.8, 4) is 11.5 Å². The average molecular weight is 576 g/mol. The van der Waals surface area contributed by atoms with Crippen LogP contribution in [-0.4, -0.2) is 52.0 Å². The summed E-state index contributed by atoms with van der Waals surface area (Å²) in [4.78, 5) is 28.1. The van der Waals surface area contributed by atoms with Gasteiger partial charge >= 0.3 is 20.3 Å². The summed E-state index contributed by atoms with van der Waals surface area (Å²) in [5, 5.41) is 1.73. The highest BCUT2D eigenvalue weighted by Crippen LogP contribution is 2.40. The molecule has 8 heteroatoms. The number of carbonyl (C=O) groups is 2. The standard InChI is InChI=1S/C33H41NO6Si/c1-32(2,3)39-31(36)29-26(38-28(23-34(7)8)30(35)37-9)21-16-22-27(29)40-41(33(4,5)6,24-17-12-10-13-18-24)25-19-14-11-15-20-25/h10-23H,1-9H3/b28-23+. The van der Waals surface area contributed by atoms with Crippen molar-refractivity contribution in [1.29, 1.82) is 0 Å². The molecule has 0 amide bonds. The quantitative estimate of drug-likeness (QED) is 0.144. The second-order valence-corrected chi connectivity index (χ2v) is 16.2. The maximum absolute atomic E-state index is 13.8. The molecule has 0 heterocycles. The Labute approximate surface area is 244 Å². The van der Waals surface area contributed by atoms with E-state index in [1.165, 1.54) is 13.3 Å². The summed E-state index contributed by atoms with van der Waals surface area (Å²) in [5.41, 5.74) is -0.701. The van der Waals surface area contributed by atoms with E-state index in [2.05, 4.69) is 45.0 Å². The zero-order valence-electron chi connectivity index (χ0n) is 25.5. The van der Waals surface area contributed by atoms with Crippen molar-refractivity contribution >= 4 is 30.6 Å². The predicted octanol–water partition coefficient (Wildman–Crippen LogP) is 5.54. The van der Waals surface area contributed by atoms with Crippen LogP contribution in [-0.2, 0) is 14.3 Å². The van der Waals surface area contributed by atoms with Crippen molar-refractivity contribution in [1.82, 2.24) is 4.90 Å². The molecule has 0 radical (unpaired) electrons. The topological polar surface area (TPSA) is 74.3 Å². The fourth-order valence-electron chi connectivity index (χ4n) is 4.60. The van der Waals surface area contributed by atoms with E-state index in [9.17, 15) is 9.59 Å². The first-order chi connectivity index (χ1) is 19.2. The van der Waals surface area contributed by atoms with Gasteiger partial charge < -0.3 is 23.5 Å². The van der Waals surface area contributed by atoms with E-state index >= 15 is 0 Å². The third kappa shape index (κ3) is 7.38. The van der Waals surface area contributed by atoms with Crippen molar-refractivity contribution in [2.24, 2.45) is 0 Å². The molecule has 0 fully saturated rings. The smallest absolute Gasteiger partial charge is 0.375 e. The molecule has 0 spiro atoms. The van der Waals surface area contributed by atoms with Crippen molar-refractivity contribution in [2.45, 2.75) is 52.2 Å². The number of nitrogens with zero attached hydrogens (tertiary/aromatic N) is 1. The fourth-order valence-corrected chi connectivity index (χ4v) is 9.03. The highest BCUT2D eigenvalue weighted by Gasteiger charge is 2.52. The molecule has 3 rings (SSSR count). The van der Waals surface area contributed by atoms with Gasteiger partial charge in [-0.15, -0.1) is 0 Å². The lowest BCUT2D eigenvalue weighted by Crippen LogP contribution is -2.69. The first-order valence-corrected chi connectivity index (χ1v) is 15.4. The van der Waals surface area contributed by atoms with Crippen molar-refractivity contribution in [3.63, 3.8) is 0 Å². The molecule has 3 aromatic carbocycles. The molecule has 0 bridgehead atoms. The molecule has 3 aromatic rings. The second-order valence-electron chi connectivity index (χ2n) is 11.9. The number of benzene rings is 3. The Hall–Kier alpha value is -4.04. The van der Waals surface area contributed by atoms with Crippen LogP contribution in [0.5, 0.6) is 11.5 Å². The third-order valence-electron chi connectivity index (χ3n) is 6.25. The summed E-state index contributed by atoms with van der Waals surface area (Å²) >= 11 is 0. The summed E-state index contributed by atoms with van der Waals surface area (Å²) in [5.74, 6) is -0.986. The van der Waals surface area contributed by atoms with E-state index in [0.717, 1.165) is 10.4 Å². The lowest BCUT2D eigenvalue weighted by molar-refractivity contribution is -0.138. The van der Waals surface area contributed by atoms with Crippen LogP contribution in [0.15, 0.2) is 90.8 Å². The first kappa shape index (κ1) is 31.5. The van der Waals surface area contributed by atoms with E-state index in [1.807, 2.05) is 36.4 Å². The summed E-state index contributed by atoms with van der Waals surface area (Å²) in [6.07, 6.45) is 1.49. The largest absolute Gasteiger partial charge is 0.533 e. The molecule has 0 N–H and O–H groups in total. The summed E-state index contributed by atoms with van der Waals surface area (Å²) in [7, 11) is 1.66. The number of methoxy groups -OCH3 is 1. The van der Waals surface area contributed by atoms with Gasteiger partial charge in [-0.25, -0.2) is 9.59 Å². The van der Waals surface area contributed by atoms with Crippen molar-refractivity contribution in [3.05, 3.63) is 96.4 Å². The van der Waals surface area contributed by atoms with Gasteiger partial charge in [0.15, 0.2) is 0 Å². The lowest BCUT2D eigenvalue weighted by atomic mass is 10.1. The Bertz CT molecular complexity index is 1330. The molecule has 0 aliphatic heterocycles. The SMILES string of the molecule is COC(=O)/C(=C\N(C)C)Oc1cccc(O[Si](c2ccccc2)(c2ccccc2)C(C)(C)C)c1C(=O)OC(C)(C)C. The number of ether oxygens (including phenoxy) is 3. The third-order valence-corrected chi connectivity index (χ3v) is 11.2. The molecule has 7 nitrogen and oxygen atoms in total. The highest BCUT2D eigenvalue weighted by molar-refractivity contribution is 7.00. The molecule has 0 aliphatic carbocycles. The molecule has 0 aromatic heterocycles. The minimum absolute atomic E-state index is 0.0870. The van der Waals surface area contributed by atoms with Gasteiger partial charge in [0.25, 0.3) is 0 Å². The monoisotopic (exact) mass is 575 g/mol. The van der Waals surface area contributed by atoms with E-state index < -0.39 is 25.9 Å². The van der Waals surface area contributed by atoms with Gasteiger partial charge in [-0.3, -0.25) is 0 Å². The summed E-state index contributed by atoms with van der Waals surface area (Å²) < 4.78 is 24.1. The number of hydrogen-bond acceptors (Lipinski definition) is 7. The number of carbonyl (C=O) groups excluding carboxylic acids is 2. The average Bonchev–Trinajstić information content (AvgIpc) is 2.90. The maximum atomic E-state index is 13.8. The van der Waals surface area contributed by atoms with Gasteiger partial charge in [-0.05, 0) is 48.3 Å². The van der Waals surface area contributed by atoms with Gasteiger partial charge in [-0.2, -0.15) is 0 Å². The molecule has 0 aliphatic rings. The van der Waals surface area contributed by atoms with Gasteiger partial charge in [0.05, 0.1) is 7.11 Å². The number of esters is 2. The van der Waals surface area contributed by atoms with Crippen molar-refractivity contribution < 1.29 is 28.2 Å². The zero-order valence-corrected chi connectivity index (χ0v) is 26.5. The van der Waals surface area contributed by atoms with Gasteiger partial charge in [0.1, 0.15) is 22.7 Å². The molecule has 0 saturated heterocycles. The Kier molecular flexibility index (Phi) is 9.71. The summed E-state index contributed by atoms with van der Waals surface area (Å²) in [6.45, 7) is 11.8. The number of hydrogen-bond donors (Lipinski definition) is 0. The number of rotatable bonds is 9. The molecule has 0 saturated carbocycles. The van der Waals surface area contributed by atoms with Crippen LogP contribution in [0.2, 0.25) is 5.04 Å². The highest BCUT2D eigenvalue weighted by atomic mass is 28.4. The van der Waals surface area contributed by atoms with Crippen LogP contribution < -0.4 is 19.5 Å². The maximum Gasteiger partial charge on any atom is 0.375 e. The Morgan fingerprint density at radius 1 is 0.756 bits per heavy atom. The van der Waals surface area contributed by atoms with Crippen LogP contribution in [0.3, 0.4) is 0 Å². The predicted molar refractivity (Wildman–Crippen MR) is 164 cm³/mol. The Morgan fingerprint density at radius 3 is 1.71 bits per heavy atom. The van der Waals surface area contributed by atoms with Crippen LogP contribution >= 0.6 is 0 Å². The van der Waals surface area contributed by atoms with Crippen LogP contribution in [0.4, 0.5) is 0 Å². The van der Waals surface area contributed by atoms with Crippen LogP contribution in [0, 0.1) is 0 Å². The van der Waals surface area contributed by atoms with Gasteiger partial charge in [-0.1, -0.05) is 87.5 Å². The fraction of sp³-hybridized carbons (Fsp3) is 0.333. The molecule has 0 atom stereocenters. The molecule has 218 valence electrons. The normalized spacial score (nSPS) is 12.4. The molecular formula is C33H41NO6Si. The van der Waals surface area contributed by atoms with E-state index in [1.54, 1.807) is 58.0 Å². The second kappa shape index (κ2) is 12.6. The lowest BCUT2D eigenvalue weighted by Gasteiger charge is -2.43. The zero-order chi connectivity index (χ0) is 30.4. The molecular weight excluding hydrogens is 534 g/mol. The Morgan fingerprint density at radius 2 is 1.27 bits per heavy atom. The van der Waals surface area contributed by atoms with Gasteiger partial charge in [0, 0.05) is 20.3 Å². The molecule has 0 unspecified atom stereocenters. The van der Waals surface area contributed by atoms with Crippen LogP contribution in [0.1, 0.15) is 51.9 Å². The van der Waals surface area contributed by atoms with Crippen LogP contribution in [0.25, 0.3) is 0 Å². The van der Waals surface area contributed by atoms with Crippen molar-refractivity contribution in [2.75, 3.05) is 21.2 Å².